The molecule has 0 N–H and O–H groups in total. The lowest BCUT2D eigenvalue weighted by atomic mass is 10.1. The quantitative estimate of drug-likeness (QED) is 0.535. The van der Waals surface area contributed by atoms with Gasteiger partial charge in [-0.25, -0.2) is 4.98 Å². The summed E-state index contributed by atoms with van der Waals surface area (Å²) in [6, 6.07) is 8.35. The van der Waals surface area contributed by atoms with Crippen LogP contribution in [0.1, 0.15) is 0 Å². The fourth-order valence-electron chi connectivity index (χ4n) is 2.08. The van der Waals surface area contributed by atoms with Crippen molar-refractivity contribution >= 4 is 22.3 Å². The maximum atomic E-state index is 11.1. The van der Waals surface area contributed by atoms with Crippen molar-refractivity contribution in [2.75, 3.05) is 0 Å². The fourth-order valence-corrected chi connectivity index (χ4v) is 2.08. The summed E-state index contributed by atoms with van der Waals surface area (Å²) in [5.74, 6) is -0.0636. The molecule has 2 aromatic heterocycles. The standard InChI is InChI=1S/C14H8N4O5/c19-17(20)10-5-6-12(13-9(10)3-1-7-15-13)23-14-11(18(21)22)4-2-8-16-14/h1-8H. The second-order valence-corrected chi connectivity index (χ2v) is 4.43. The van der Waals surface area contributed by atoms with Gasteiger partial charge in [0.2, 0.25) is 0 Å². The van der Waals surface area contributed by atoms with Crippen LogP contribution >= 0.6 is 0 Å². The number of nitro benzene ring substituents is 1. The minimum atomic E-state index is -0.622. The van der Waals surface area contributed by atoms with Crippen molar-refractivity contribution in [3.8, 4) is 11.6 Å². The number of non-ortho nitro benzene ring substituents is 1. The number of hydrogen-bond acceptors (Lipinski definition) is 7. The molecule has 0 aliphatic rings. The Kier molecular flexibility index (Phi) is 3.51. The highest BCUT2D eigenvalue weighted by Gasteiger charge is 2.20. The van der Waals surface area contributed by atoms with E-state index < -0.39 is 9.85 Å². The Bertz CT molecular complexity index is 928. The van der Waals surface area contributed by atoms with Crippen LogP contribution in [0.15, 0.2) is 48.8 Å². The van der Waals surface area contributed by atoms with E-state index in [1.54, 1.807) is 6.07 Å². The molecule has 23 heavy (non-hydrogen) atoms. The Morgan fingerprint density at radius 2 is 1.57 bits per heavy atom. The van der Waals surface area contributed by atoms with Gasteiger partial charge in [0, 0.05) is 24.5 Å². The van der Waals surface area contributed by atoms with Gasteiger partial charge in [0.15, 0.2) is 5.75 Å². The van der Waals surface area contributed by atoms with Crippen molar-refractivity contribution in [2.45, 2.75) is 0 Å². The zero-order chi connectivity index (χ0) is 16.4. The van der Waals surface area contributed by atoms with E-state index in [1.165, 1.54) is 42.7 Å². The summed E-state index contributed by atoms with van der Waals surface area (Å²) in [4.78, 5) is 28.8. The zero-order valence-corrected chi connectivity index (χ0v) is 11.4. The van der Waals surface area contributed by atoms with Crippen molar-refractivity contribution in [1.82, 2.24) is 9.97 Å². The Morgan fingerprint density at radius 1 is 0.870 bits per heavy atom. The minimum absolute atomic E-state index is 0.129. The van der Waals surface area contributed by atoms with Gasteiger partial charge in [-0.3, -0.25) is 25.2 Å². The van der Waals surface area contributed by atoms with E-state index in [0.29, 0.717) is 0 Å². The average Bonchev–Trinajstić information content (AvgIpc) is 2.55. The van der Waals surface area contributed by atoms with Gasteiger partial charge >= 0.3 is 5.69 Å². The number of aromatic nitrogens is 2. The third-order valence-electron chi connectivity index (χ3n) is 3.06. The van der Waals surface area contributed by atoms with Crippen LogP contribution in [0.2, 0.25) is 0 Å². The fraction of sp³-hybridized carbons (Fsp3) is 0. The summed E-state index contributed by atoms with van der Waals surface area (Å²) < 4.78 is 5.48. The zero-order valence-electron chi connectivity index (χ0n) is 11.4. The molecule has 0 saturated carbocycles. The molecule has 9 heteroatoms. The van der Waals surface area contributed by atoms with E-state index in [1.807, 2.05) is 0 Å². The topological polar surface area (TPSA) is 121 Å². The van der Waals surface area contributed by atoms with Gasteiger partial charge in [-0.05, 0) is 24.3 Å². The summed E-state index contributed by atoms with van der Waals surface area (Å²) in [6.45, 7) is 0. The van der Waals surface area contributed by atoms with E-state index >= 15 is 0 Å². The molecule has 2 heterocycles. The van der Waals surface area contributed by atoms with Gasteiger partial charge in [-0.15, -0.1) is 0 Å². The molecular formula is C14H8N4O5. The summed E-state index contributed by atoms with van der Waals surface area (Å²) in [7, 11) is 0. The molecule has 0 fully saturated rings. The molecule has 1 aromatic carbocycles. The molecule has 0 aliphatic carbocycles. The third-order valence-corrected chi connectivity index (χ3v) is 3.06. The number of pyridine rings is 2. The number of fused-ring (bicyclic) bond motifs is 1. The lowest BCUT2D eigenvalue weighted by Crippen LogP contribution is -1.97. The van der Waals surface area contributed by atoms with Gasteiger partial charge in [0.25, 0.3) is 11.6 Å². The first-order valence-corrected chi connectivity index (χ1v) is 6.37. The molecule has 0 saturated heterocycles. The van der Waals surface area contributed by atoms with Crippen LogP contribution < -0.4 is 4.74 Å². The maximum absolute atomic E-state index is 11.1. The van der Waals surface area contributed by atoms with Crippen LogP contribution in [0.4, 0.5) is 11.4 Å². The SMILES string of the molecule is O=[N+]([O-])c1cccnc1Oc1ccc([N+](=O)[O-])c2cccnc12. The smallest absolute Gasteiger partial charge is 0.331 e. The molecule has 3 rings (SSSR count). The first-order chi connectivity index (χ1) is 11.1. The third kappa shape index (κ3) is 2.62. The molecular weight excluding hydrogens is 304 g/mol. The number of nitro groups is 2. The van der Waals surface area contributed by atoms with E-state index in [-0.39, 0.29) is 33.9 Å². The summed E-state index contributed by atoms with van der Waals surface area (Å²) in [5.41, 5.74) is -0.215. The van der Waals surface area contributed by atoms with E-state index in [2.05, 4.69) is 9.97 Å². The molecule has 0 unspecified atom stereocenters. The van der Waals surface area contributed by atoms with Gasteiger partial charge in [0.05, 0.1) is 15.2 Å². The lowest BCUT2D eigenvalue weighted by molar-refractivity contribution is -0.386. The van der Waals surface area contributed by atoms with E-state index in [4.69, 9.17) is 4.74 Å². The van der Waals surface area contributed by atoms with Crippen LogP contribution in [-0.4, -0.2) is 19.8 Å². The normalized spacial score (nSPS) is 10.4. The molecule has 0 spiro atoms. The number of benzene rings is 1. The van der Waals surface area contributed by atoms with Crippen molar-refractivity contribution in [3.05, 3.63) is 69.0 Å². The highest BCUT2D eigenvalue weighted by Crippen LogP contribution is 2.35. The molecule has 0 atom stereocenters. The van der Waals surface area contributed by atoms with Gasteiger partial charge < -0.3 is 4.74 Å². The number of nitrogens with zero attached hydrogens (tertiary/aromatic N) is 4. The van der Waals surface area contributed by atoms with Crippen molar-refractivity contribution in [2.24, 2.45) is 0 Å². The Balaban J connectivity index is 2.14. The maximum Gasteiger partial charge on any atom is 0.331 e. The average molecular weight is 312 g/mol. The van der Waals surface area contributed by atoms with Crippen LogP contribution in [-0.2, 0) is 0 Å². The number of hydrogen-bond donors (Lipinski definition) is 0. The second-order valence-electron chi connectivity index (χ2n) is 4.43. The van der Waals surface area contributed by atoms with Crippen molar-refractivity contribution < 1.29 is 14.6 Å². The van der Waals surface area contributed by atoms with Crippen LogP contribution in [0.5, 0.6) is 11.6 Å². The number of rotatable bonds is 4. The van der Waals surface area contributed by atoms with Crippen LogP contribution in [0.3, 0.4) is 0 Å². The highest BCUT2D eigenvalue weighted by molar-refractivity contribution is 5.92. The van der Waals surface area contributed by atoms with E-state index in [0.717, 1.165) is 0 Å². The Hall–Kier alpha value is -3.62. The monoisotopic (exact) mass is 312 g/mol. The van der Waals surface area contributed by atoms with Gasteiger partial charge in [-0.2, -0.15) is 0 Å². The lowest BCUT2D eigenvalue weighted by Gasteiger charge is -2.07. The van der Waals surface area contributed by atoms with Crippen LogP contribution in [0.25, 0.3) is 10.9 Å². The van der Waals surface area contributed by atoms with Crippen LogP contribution in [0, 0.1) is 20.2 Å². The predicted octanol–water partition coefficient (Wildman–Crippen LogP) is 3.24. The minimum Gasteiger partial charge on any atom is -0.431 e. The molecule has 114 valence electrons. The predicted molar refractivity (Wildman–Crippen MR) is 79.4 cm³/mol. The summed E-state index contributed by atoms with van der Waals surface area (Å²) in [6.07, 6.45) is 2.80. The first-order valence-electron chi connectivity index (χ1n) is 6.37. The van der Waals surface area contributed by atoms with Gasteiger partial charge in [0.1, 0.15) is 5.52 Å². The van der Waals surface area contributed by atoms with Crippen molar-refractivity contribution in [3.63, 3.8) is 0 Å². The molecule has 0 aliphatic heterocycles. The van der Waals surface area contributed by atoms with Gasteiger partial charge in [-0.1, -0.05) is 0 Å². The summed E-state index contributed by atoms with van der Waals surface area (Å²) in [5, 5.41) is 22.3. The molecule has 3 aromatic rings. The highest BCUT2D eigenvalue weighted by atomic mass is 16.6. The van der Waals surface area contributed by atoms with E-state index in [9.17, 15) is 20.2 Å². The first kappa shape index (κ1) is 14.3. The molecule has 0 bridgehead atoms. The molecule has 9 nitrogen and oxygen atoms in total. The Labute approximate surface area is 128 Å². The second kappa shape index (κ2) is 5.64. The number of ether oxygens (including phenoxy) is 1. The summed E-state index contributed by atoms with van der Waals surface area (Å²) >= 11 is 0. The van der Waals surface area contributed by atoms with Crippen molar-refractivity contribution in [1.29, 1.82) is 0 Å². The molecule has 0 radical (unpaired) electrons. The largest absolute Gasteiger partial charge is 0.431 e. The molecule has 0 amide bonds. The Morgan fingerprint density at radius 3 is 2.30 bits per heavy atom.